The van der Waals surface area contributed by atoms with Crippen LogP contribution in [0.1, 0.15) is 39.8 Å². The topological polar surface area (TPSA) is 57.6 Å². The third kappa shape index (κ3) is 3.27. The third-order valence-corrected chi connectivity index (χ3v) is 7.20. The van der Waals surface area contributed by atoms with Crippen molar-refractivity contribution < 1.29 is 14.7 Å². The van der Waals surface area contributed by atoms with E-state index < -0.39 is 12.0 Å². The summed E-state index contributed by atoms with van der Waals surface area (Å²) in [5, 5.41) is 9.29. The van der Waals surface area contributed by atoms with E-state index in [0.717, 1.165) is 12.8 Å². The largest absolute Gasteiger partial charge is 0.480 e. The van der Waals surface area contributed by atoms with Gasteiger partial charge in [0.2, 0.25) is 0 Å². The zero-order valence-electron chi connectivity index (χ0n) is 12.2. The predicted octanol–water partition coefficient (Wildman–Crippen LogP) is 3.24. The van der Waals surface area contributed by atoms with Crippen LogP contribution in [-0.2, 0) is 4.79 Å². The van der Waals surface area contributed by atoms with Crippen molar-refractivity contribution in [2.45, 2.75) is 29.9 Å². The number of likely N-dealkylation sites (tertiary alicyclic amines) is 1. The molecule has 118 valence electrons. The first-order chi connectivity index (χ1) is 10.7. The van der Waals surface area contributed by atoms with Crippen LogP contribution in [0.5, 0.6) is 0 Å². The van der Waals surface area contributed by atoms with E-state index in [1.165, 1.54) is 22.0 Å². The van der Waals surface area contributed by atoms with Gasteiger partial charge in [-0.3, -0.25) is 4.79 Å². The van der Waals surface area contributed by atoms with Crippen LogP contribution in [-0.4, -0.2) is 46.0 Å². The molecule has 2 fully saturated rings. The summed E-state index contributed by atoms with van der Waals surface area (Å²) in [7, 11) is 0. The fraction of sp³-hybridized carbons (Fsp3) is 0.500. The molecule has 0 radical (unpaired) electrons. The minimum absolute atomic E-state index is 0.162. The molecule has 6 heteroatoms. The van der Waals surface area contributed by atoms with Gasteiger partial charge in [0.15, 0.2) is 0 Å². The normalized spacial score (nSPS) is 22.7. The average Bonchev–Trinajstić information content (AvgIpc) is 3.09. The van der Waals surface area contributed by atoms with Gasteiger partial charge < -0.3 is 10.0 Å². The molecule has 1 aromatic rings. The van der Waals surface area contributed by atoms with Crippen LogP contribution in [0.15, 0.2) is 24.3 Å². The van der Waals surface area contributed by atoms with Crippen molar-refractivity contribution in [3.63, 3.8) is 0 Å². The summed E-state index contributed by atoms with van der Waals surface area (Å²) >= 11 is 3.86. The molecule has 0 bridgehead atoms. The van der Waals surface area contributed by atoms with E-state index in [4.69, 9.17) is 0 Å². The van der Waals surface area contributed by atoms with E-state index in [1.807, 2.05) is 47.8 Å². The van der Waals surface area contributed by atoms with Gasteiger partial charge >= 0.3 is 5.97 Å². The zero-order chi connectivity index (χ0) is 15.5. The fourth-order valence-electron chi connectivity index (χ4n) is 2.93. The summed E-state index contributed by atoms with van der Waals surface area (Å²) < 4.78 is 0.464. The molecule has 2 saturated heterocycles. The number of rotatable bonds is 3. The molecule has 1 atom stereocenters. The Bertz CT molecular complexity index is 555. The van der Waals surface area contributed by atoms with Crippen molar-refractivity contribution in [2.24, 2.45) is 0 Å². The van der Waals surface area contributed by atoms with Crippen LogP contribution < -0.4 is 0 Å². The van der Waals surface area contributed by atoms with Gasteiger partial charge in [-0.05, 0) is 37.0 Å². The van der Waals surface area contributed by atoms with E-state index in [1.54, 1.807) is 0 Å². The number of carboxylic acid groups (broad SMARTS) is 1. The highest BCUT2D eigenvalue weighted by molar-refractivity contribution is 8.19. The SMILES string of the molecule is O=C(O)C1CCCCN1C(=O)c1ccc(C2SCCS2)cc1. The highest BCUT2D eigenvalue weighted by Gasteiger charge is 2.32. The third-order valence-electron chi connectivity index (χ3n) is 4.10. The van der Waals surface area contributed by atoms with Crippen molar-refractivity contribution >= 4 is 35.4 Å². The van der Waals surface area contributed by atoms with E-state index in [9.17, 15) is 14.7 Å². The standard InChI is InChI=1S/C16H19NO3S2/c18-14(17-8-2-1-3-13(17)15(19)20)11-4-6-12(7-5-11)16-21-9-10-22-16/h4-7,13,16H,1-3,8-10H2,(H,19,20). The highest BCUT2D eigenvalue weighted by atomic mass is 32.2. The molecular formula is C16H19NO3S2. The van der Waals surface area contributed by atoms with E-state index in [0.29, 0.717) is 23.1 Å². The molecule has 1 unspecified atom stereocenters. The Hall–Kier alpha value is -1.14. The molecule has 3 rings (SSSR count). The van der Waals surface area contributed by atoms with Gasteiger partial charge in [-0.1, -0.05) is 12.1 Å². The number of hydrogen-bond donors (Lipinski definition) is 1. The van der Waals surface area contributed by atoms with Gasteiger partial charge in [0.25, 0.3) is 5.91 Å². The first-order valence-corrected chi connectivity index (χ1v) is 9.63. The Balaban J connectivity index is 1.74. The smallest absolute Gasteiger partial charge is 0.326 e. The van der Waals surface area contributed by atoms with Crippen LogP contribution in [0.2, 0.25) is 0 Å². The van der Waals surface area contributed by atoms with Crippen molar-refractivity contribution in [3.05, 3.63) is 35.4 Å². The van der Waals surface area contributed by atoms with Gasteiger partial charge in [-0.25, -0.2) is 4.79 Å². The fourth-order valence-corrected chi connectivity index (χ4v) is 5.79. The monoisotopic (exact) mass is 337 g/mol. The quantitative estimate of drug-likeness (QED) is 0.917. The van der Waals surface area contributed by atoms with Gasteiger partial charge in [0.05, 0.1) is 4.58 Å². The lowest BCUT2D eigenvalue weighted by Crippen LogP contribution is -2.47. The van der Waals surface area contributed by atoms with Crippen LogP contribution in [0, 0.1) is 0 Å². The maximum Gasteiger partial charge on any atom is 0.326 e. The lowest BCUT2D eigenvalue weighted by Gasteiger charge is -2.33. The molecule has 22 heavy (non-hydrogen) atoms. The van der Waals surface area contributed by atoms with E-state index in [-0.39, 0.29) is 5.91 Å². The van der Waals surface area contributed by atoms with Gasteiger partial charge in [0.1, 0.15) is 6.04 Å². The molecule has 0 spiro atoms. The molecular weight excluding hydrogens is 318 g/mol. The van der Waals surface area contributed by atoms with Crippen LogP contribution in [0.3, 0.4) is 0 Å². The number of hydrogen-bond acceptors (Lipinski definition) is 4. The second kappa shape index (κ2) is 6.96. The summed E-state index contributed by atoms with van der Waals surface area (Å²) in [6, 6.07) is 7.00. The summed E-state index contributed by atoms with van der Waals surface area (Å²) in [6.45, 7) is 0.534. The summed E-state index contributed by atoms with van der Waals surface area (Å²) in [4.78, 5) is 25.4. The van der Waals surface area contributed by atoms with Gasteiger partial charge in [-0.2, -0.15) is 0 Å². The van der Waals surface area contributed by atoms with Gasteiger partial charge in [-0.15, -0.1) is 23.5 Å². The molecule has 1 amide bonds. The number of benzene rings is 1. The number of carbonyl (C=O) groups excluding carboxylic acids is 1. The van der Waals surface area contributed by atoms with Crippen molar-refractivity contribution in [1.82, 2.24) is 4.90 Å². The lowest BCUT2D eigenvalue weighted by atomic mass is 10.0. The molecule has 2 aliphatic rings. The number of carbonyl (C=O) groups is 2. The molecule has 0 aliphatic carbocycles. The zero-order valence-corrected chi connectivity index (χ0v) is 13.9. The average molecular weight is 337 g/mol. The van der Waals surface area contributed by atoms with E-state index in [2.05, 4.69) is 0 Å². The molecule has 2 heterocycles. The molecule has 2 aliphatic heterocycles. The summed E-state index contributed by atoms with van der Waals surface area (Å²) in [5.74, 6) is 1.28. The predicted molar refractivity (Wildman–Crippen MR) is 90.4 cm³/mol. The van der Waals surface area contributed by atoms with Crippen LogP contribution in [0.25, 0.3) is 0 Å². The van der Waals surface area contributed by atoms with Crippen LogP contribution >= 0.6 is 23.5 Å². The first-order valence-electron chi connectivity index (χ1n) is 7.54. The first kappa shape index (κ1) is 15.7. The minimum atomic E-state index is -0.900. The number of nitrogens with zero attached hydrogens (tertiary/aromatic N) is 1. The maximum absolute atomic E-state index is 12.6. The van der Waals surface area contributed by atoms with Crippen molar-refractivity contribution in [1.29, 1.82) is 0 Å². The van der Waals surface area contributed by atoms with Crippen molar-refractivity contribution in [3.8, 4) is 0 Å². The molecule has 1 N–H and O–H groups in total. The molecule has 0 aromatic heterocycles. The highest BCUT2D eigenvalue weighted by Crippen LogP contribution is 2.45. The summed E-state index contributed by atoms with van der Waals surface area (Å²) in [5.41, 5.74) is 1.82. The molecule has 0 saturated carbocycles. The Labute approximate surface area is 138 Å². The Kier molecular flexibility index (Phi) is 4.98. The number of piperidine rings is 1. The Morgan fingerprint density at radius 1 is 1.09 bits per heavy atom. The number of thioether (sulfide) groups is 2. The second-order valence-corrected chi connectivity index (χ2v) is 8.27. The second-order valence-electron chi connectivity index (χ2n) is 5.54. The van der Waals surface area contributed by atoms with Gasteiger partial charge in [0, 0.05) is 23.6 Å². The Morgan fingerprint density at radius 3 is 2.41 bits per heavy atom. The Morgan fingerprint density at radius 2 is 1.77 bits per heavy atom. The van der Waals surface area contributed by atoms with Crippen molar-refractivity contribution in [2.75, 3.05) is 18.1 Å². The van der Waals surface area contributed by atoms with Crippen LogP contribution in [0.4, 0.5) is 0 Å². The summed E-state index contributed by atoms with van der Waals surface area (Å²) in [6.07, 6.45) is 2.30. The minimum Gasteiger partial charge on any atom is -0.480 e. The number of aliphatic carboxylic acids is 1. The molecule has 4 nitrogen and oxygen atoms in total. The van der Waals surface area contributed by atoms with E-state index >= 15 is 0 Å². The lowest BCUT2D eigenvalue weighted by molar-refractivity contribution is -0.143. The number of amides is 1. The maximum atomic E-state index is 12.6. The number of carboxylic acids is 1. The molecule has 1 aromatic carbocycles.